The first kappa shape index (κ1) is 31.0. The molecule has 5 rings (SSSR count). The molecule has 42 heavy (non-hydrogen) atoms. The van der Waals surface area contributed by atoms with Crippen molar-refractivity contribution in [3.8, 4) is 0 Å². The number of halogens is 2. The summed E-state index contributed by atoms with van der Waals surface area (Å²) in [5.74, 6) is -2.28. The van der Waals surface area contributed by atoms with E-state index in [0.29, 0.717) is 30.5 Å². The van der Waals surface area contributed by atoms with Crippen molar-refractivity contribution in [2.75, 3.05) is 32.0 Å². The Bertz CT molecular complexity index is 1230. The highest BCUT2D eigenvalue weighted by Crippen LogP contribution is 2.55. The van der Waals surface area contributed by atoms with Gasteiger partial charge in [-0.1, -0.05) is 63.8 Å². The molecule has 0 unspecified atom stereocenters. The zero-order valence-corrected chi connectivity index (χ0v) is 25.8. The SMILES string of the molecule is CCCCN(C)CCCN1C(=O)[C@@H]2[C@H](C(=O)Nc3ccc(F)c(Cl)c3)[C@@H]3C=C[C@@]2(O3)[C@@H]1C(=O)N[C@@H]1CCC[C@@H](C)[C@@H]1C. The Morgan fingerprint density at radius 1 is 1.19 bits per heavy atom. The number of hydrogen-bond acceptors (Lipinski definition) is 5. The second-order valence-corrected chi connectivity index (χ2v) is 13.2. The Morgan fingerprint density at radius 3 is 2.69 bits per heavy atom. The van der Waals surface area contributed by atoms with Gasteiger partial charge < -0.3 is 25.2 Å². The summed E-state index contributed by atoms with van der Waals surface area (Å²) in [6, 6.07) is 3.12. The van der Waals surface area contributed by atoms with Crippen LogP contribution in [0.15, 0.2) is 30.4 Å². The first-order chi connectivity index (χ1) is 20.1. The summed E-state index contributed by atoms with van der Waals surface area (Å²) in [5.41, 5.74) is -0.884. The van der Waals surface area contributed by atoms with E-state index in [1.54, 1.807) is 11.0 Å². The molecule has 1 aliphatic carbocycles. The number of anilines is 1. The lowest BCUT2D eigenvalue weighted by Crippen LogP contribution is -2.58. The van der Waals surface area contributed by atoms with Crippen LogP contribution >= 0.6 is 11.6 Å². The third kappa shape index (κ3) is 5.72. The van der Waals surface area contributed by atoms with Gasteiger partial charge in [-0.15, -0.1) is 0 Å². The van der Waals surface area contributed by atoms with Gasteiger partial charge in [-0.05, 0) is 69.4 Å². The van der Waals surface area contributed by atoms with E-state index >= 15 is 0 Å². The summed E-state index contributed by atoms with van der Waals surface area (Å²) in [6.45, 7) is 8.72. The highest BCUT2D eigenvalue weighted by Gasteiger charge is 2.72. The summed E-state index contributed by atoms with van der Waals surface area (Å²) in [6.07, 6.45) is 9.01. The van der Waals surface area contributed by atoms with Gasteiger partial charge in [0.05, 0.1) is 23.0 Å². The topological polar surface area (TPSA) is 91.0 Å². The number of amides is 3. The highest BCUT2D eigenvalue weighted by atomic mass is 35.5. The Balaban J connectivity index is 1.39. The van der Waals surface area contributed by atoms with Crippen LogP contribution in [0.4, 0.5) is 10.1 Å². The van der Waals surface area contributed by atoms with Crippen LogP contribution < -0.4 is 10.6 Å². The molecular formula is C32H44ClFN4O4. The second-order valence-electron chi connectivity index (χ2n) is 12.7. The molecule has 3 heterocycles. The van der Waals surface area contributed by atoms with E-state index in [0.717, 1.165) is 45.2 Å². The average molecular weight is 603 g/mol. The quantitative estimate of drug-likeness (QED) is 0.361. The van der Waals surface area contributed by atoms with E-state index in [-0.39, 0.29) is 22.9 Å². The number of nitrogens with zero attached hydrogens (tertiary/aromatic N) is 2. The molecule has 1 saturated carbocycles. The molecule has 3 amide bonds. The number of carbonyl (C=O) groups excluding carboxylic acids is 3. The maximum absolute atomic E-state index is 14.2. The normalized spacial score (nSPS) is 33.4. The standard InChI is InChI=1S/C32H44ClFN4O4/c1-5-6-15-37(4)16-8-17-38-28(30(40)36-24-10-7-9-19(2)20(24)3)32-14-13-25(42-32)26(27(32)31(38)41)29(39)35-21-11-12-23(34)22(33)18-21/h11-14,18-20,24-28H,5-10,15-17H2,1-4H3,(H,35,39)(H,36,40)/t19-,20+,24-,25+,26-,27+,28+,32+/m1/s1. The van der Waals surface area contributed by atoms with Gasteiger partial charge in [0.15, 0.2) is 0 Å². The van der Waals surface area contributed by atoms with E-state index < -0.39 is 41.3 Å². The van der Waals surface area contributed by atoms with Gasteiger partial charge in [0.1, 0.15) is 17.5 Å². The van der Waals surface area contributed by atoms with E-state index in [4.69, 9.17) is 16.3 Å². The molecule has 0 radical (unpaired) electrons. The minimum Gasteiger partial charge on any atom is -0.359 e. The molecule has 8 nitrogen and oxygen atoms in total. The Kier molecular flexibility index (Phi) is 9.30. The number of likely N-dealkylation sites (tertiary alicyclic amines) is 1. The fourth-order valence-electron chi connectivity index (χ4n) is 7.41. The Morgan fingerprint density at radius 2 is 1.95 bits per heavy atom. The fraction of sp³-hybridized carbons (Fsp3) is 0.656. The molecule has 1 aromatic rings. The van der Waals surface area contributed by atoms with Gasteiger partial charge in [-0.3, -0.25) is 14.4 Å². The van der Waals surface area contributed by atoms with Crippen molar-refractivity contribution in [1.29, 1.82) is 0 Å². The monoisotopic (exact) mass is 602 g/mol. The summed E-state index contributed by atoms with van der Waals surface area (Å²) in [7, 11) is 2.07. The number of hydrogen-bond donors (Lipinski definition) is 2. The van der Waals surface area contributed by atoms with Crippen molar-refractivity contribution >= 4 is 35.0 Å². The molecule has 3 fully saturated rings. The minimum atomic E-state index is -1.22. The molecule has 10 heteroatoms. The van der Waals surface area contributed by atoms with Gasteiger partial charge in [0.25, 0.3) is 0 Å². The van der Waals surface area contributed by atoms with E-state index in [1.165, 1.54) is 18.2 Å². The lowest BCUT2D eigenvalue weighted by molar-refractivity contribution is -0.141. The van der Waals surface area contributed by atoms with Crippen molar-refractivity contribution in [3.63, 3.8) is 0 Å². The Hall–Kier alpha value is -2.49. The van der Waals surface area contributed by atoms with Gasteiger partial charge in [-0.2, -0.15) is 0 Å². The molecular weight excluding hydrogens is 559 g/mol. The molecule has 2 N–H and O–H groups in total. The van der Waals surface area contributed by atoms with Gasteiger partial charge >= 0.3 is 0 Å². The summed E-state index contributed by atoms with van der Waals surface area (Å²) in [5, 5.41) is 5.99. The van der Waals surface area contributed by atoms with Crippen molar-refractivity contribution in [2.45, 2.75) is 83.1 Å². The van der Waals surface area contributed by atoms with E-state index in [1.807, 2.05) is 6.08 Å². The zero-order chi connectivity index (χ0) is 30.2. The third-order valence-corrected chi connectivity index (χ3v) is 10.3. The smallest absolute Gasteiger partial charge is 0.246 e. The maximum Gasteiger partial charge on any atom is 0.246 e. The lowest BCUT2D eigenvalue weighted by atomic mass is 9.73. The summed E-state index contributed by atoms with van der Waals surface area (Å²) >= 11 is 5.93. The molecule has 4 aliphatic rings. The number of unbranched alkanes of at least 4 members (excludes halogenated alkanes) is 1. The van der Waals surface area contributed by atoms with Crippen LogP contribution in [0.25, 0.3) is 0 Å². The van der Waals surface area contributed by atoms with Crippen LogP contribution in [0.3, 0.4) is 0 Å². The van der Waals surface area contributed by atoms with Crippen molar-refractivity contribution in [1.82, 2.24) is 15.1 Å². The highest BCUT2D eigenvalue weighted by molar-refractivity contribution is 6.31. The first-order valence-corrected chi connectivity index (χ1v) is 15.9. The van der Waals surface area contributed by atoms with Crippen LogP contribution in [0, 0.1) is 29.5 Å². The van der Waals surface area contributed by atoms with Crippen LogP contribution in [0.1, 0.15) is 59.3 Å². The van der Waals surface area contributed by atoms with Crippen molar-refractivity contribution in [3.05, 3.63) is 41.2 Å². The maximum atomic E-state index is 14.2. The summed E-state index contributed by atoms with van der Waals surface area (Å²) < 4.78 is 20.2. The Labute approximate surface area is 253 Å². The second kappa shape index (κ2) is 12.6. The number of carbonyl (C=O) groups is 3. The first-order valence-electron chi connectivity index (χ1n) is 15.5. The van der Waals surface area contributed by atoms with Crippen molar-refractivity contribution < 1.29 is 23.5 Å². The van der Waals surface area contributed by atoms with Crippen LogP contribution in [-0.4, -0.2) is 78.0 Å². The number of rotatable bonds is 11. The van der Waals surface area contributed by atoms with Crippen LogP contribution in [0.2, 0.25) is 5.02 Å². The number of benzene rings is 1. The van der Waals surface area contributed by atoms with Gasteiger partial charge in [0, 0.05) is 18.3 Å². The number of fused-ring (bicyclic) bond motifs is 1. The largest absolute Gasteiger partial charge is 0.359 e. The molecule has 1 spiro atoms. The van der Waals surface area contributed by atoms with Crippen LogP contribution in [0.5, 0.6) is 0 Å². The van der Waals surface area contributed by atoms with Gasteiger partial charge in [0.2, 0.25) is 17.7 Å². The fourth-order valence-corrected chi connectivity index (χ4v) is 7.59. The van der Waals surface area contributed by atoms with Gasteiger partial charge in [-0.25, -0.2) is 4.39 Å². The molecule has 1 aromatic carbocycles. The molecule has 3 aliphatic heterocycles. The molecule has 8 atom stereocenters. The lowest BCUT2D eigenvalue weighted by Gasteiger charge is -2.38. The molecule has 230 valence electrons. The molecule has 0 aromatic heterocycles. The third-order valence-electron chi connectivity index (χ3n) is 9.98. The average Bonchev–Trinajstić information content (AvgIpc) is 3.59. The minimum absolute atomic E-state index is 0.0266. The van der Waals surface area contributed by atoms with E-state index in [9.17, 15) is 18.8 Å². The molecule has 2 saturated heterocycles. The summed E-state index contributed by atoms with van der Waals surface area (Å²) in [4.78, 5) is 45.9. The molecule has 2 bridgehead atoms. The van der Waals surface area contributed by atoms with Crippen molar-refractivity contribution in [2.24, 2.45) is 23.7 Å². The number of ether oxygens (including phenoxy) is 1. The zero-order valence-electron chi connectivity index (χ0n) is 25.1. The van der Waals surface area contributed by atoms with Crippen LogP contribution in [-0.2, 0) is 19.1 Å². The predicted octanol–water partition coefficient (Wildman–Crippen LogP) is 4.63. The van der Waals surface area contributed by atoms with E-state index in [2.05, 4.69) is 43.4 Å². The number of nitrogens with one attached hydrogen (secondary N) is 2. The predicted molar refractivity (Wildman–Crippen MR) is 160 cm³/mol.